The molecule has 0 bridgehead atoms. The lowest BCUT2D eigenvalue weighted by molar-refractivity contribution is 0.475. The Labute approximate surface area is 107 Å². The number of fused-ring (bicyclic) bond motifs is 1. The summed E-state index contributed by atoms with van der Waals surface area (Å²) in [6.07, 6.45) is 0. The molecule has 3 nitrogen and oxygen atoms in total. The first kappa shape index (κ1) is 11.5. The molecule has 0 atom stereocenters. The lowest BCUT2D eigenvalue weighted by Gasteiger charge is -2.03. The first-order valence-corrected chi connectivity index (χ1v) is 5.66. The summed E-state index contributed by atoms with van der Waals surface area (Å²) in [6.45, 7) is 0. The Hall–Kier alpha value is -2.62. The average molecular weight is 256 g/mol. The summed E-state index contributed by atoms with van der Waals surface area (Å²) in [7, 11) is 0. The molecule has 0 aliphatic rings. The SMILES string of the molecule is O=c1oc2ccc(O)cc2cc1-c1cccc(F)c1. The lowest BCUT2D eigenvalue weighted by Crippen LogP contribution is -2.02. The van der Waals surface area contributed by atoms with Crippen molar-refractivity contribution in [2.45, 2.75) is 0 Å². The number of phenolic OH excluding ortho intramolecular Hbond substituents is 1. The molecule has 4 heteroatoms. The summed E-state index contributed by atoms with van der Waals surface area (Å²) >= 11 is 0. The highest BCUT2D eigenvalue weighted by atomic mass is 19.1. The van der Waals surface area contributed by atoms with Crippen molar-refractivity contribution in [1.82, 2.24) is 0 Å². The number of aromatic hydroxyl groups is 1. The fourth-order valence-electron chi connectivity index (χ4n) is 1.97. The maximum Gasteiger partial charge on any atom is 0.344 e. The maximum atomic E-state index is 13.2. The molecule has 0 saturated carbocycles. The van der Waals surface area contributed by atoms with E-state index >= 15 is 0 Å². The van der Waals surface area contributed by atoms with E-state index in [0.717, 1.165) is 0 Å². The van der Waals surface area contributed by atoms with E-state index in [-0.39, 0.29) is 11.3 Å². The number of rotatable bonds is 1. The van der Waals surface area contributed by atoms with Crippen LogP contribution in [0.3, 0.4) is 0 Å². The molecule has 2 aromatic carbocycles. The third kappa shape index (κ3) is 2.08. The molecule has 0 aliphatic heterocycles. The predicted octanol–water partition coefficient (Wildman–Crippen LogP) is 3.30. The highest BCUT2D eigenvalue weighted by molar-refractivity contribution is 5.82. The molecule has 0 amide bonds. The Morgan fingerprint density at radius 3 is 2.68 bits per heavy atom. The van der Waals surface area contributed by atoms with E-state index in [9.17, 15) is 14.3 Å². The molecule has 0 radical (unpaired) electrons. The van der Waals surface area contributed by atoms with E-state index in [4.69, 9.17) is 4.42 Å². The van der Waals surface area contributed by atoms with Crippen LogP contribution >= 0.6 is 0 Å². The summed E-state index contributed by atoms with van der Waals surface area (Å²) in [6, 6.07) is 11.7. The highest BCUT2D eigenvalue weighted by Crippen LogP contribution is 2.24. The summed E-state index contributed by atoms with van der Waals surface area (Å²) in [5, 5.41) is 10.0. The molecule has 0 saturated heterocycles. The largest absolute Gasteiger partial charge is 0.508 e. The molecule has 0 unspecified atom stereocenters. The van der Waals surface area contributed by atoms with E-state index in [0.29, 0.717) is 16.5 Å². The zero-order valence-electron chi connectivity index (χ0n) is 9.76. The molecule has 94 valence electrons. The van der Waals surface area contributed by atoms with Gasteiger partial charge in [0.15, 0.2) is 0 Å². The monoisotopic (exact) mass is 256 g/mol. The number of phenols is 1. The van der Waals surface area contributed by atoms with Crippen LogP contribution in [-0.2, 0) is 0 Å². The van der Waals surface area contributed by atoms with Crippen molar-refractivity contribution >= 4 is 11.0 Å². The van der Waals surface area contributed by atoms with Gasteiger partial charge in [-0.15, -0.1) is 0 Å². The van der Waals surface area contributed by atoms with E-state index < -0.39 is 11.4 Å². The van der Waals surface area contributed by atoms with Gasteiger partial charge in [0.05, 0.1) is 5.56 Å². The van der Waals surface area contributed by atoms with E-state index in [1.165, 1.54) is 36.4 Å². The minimum atomic E-state index is -0.538. The van der Waals surface area contributed by atoms with Gasteiger partial charge in [0, 0.05) is 5.39 Å². The zero-order chi connectivity index (χ0) is 13.4. The number of hydrogen-bond acceptors (Lipinski definition) is 3. The first-order chi connectivity index (χ1) is 9.13. The van der Waals surface area contributed by atoms with Gasteiger partial charge in [0.25, 0.3) is 0 Å². The third-order valence-electron chi connectivity index (χ3n) is 2.85. The summed E-state index contributed by atoms with van der Waals surface area (Å²) < 4.78 is 18.3. The maximum absolute atomic E-state index is 13.2. The zero-order valence-corrected chi connectivity index (χ0v) is 9.76. The number of benzene rings is 2. The second kappa shape index (κ2) is 4.24. The molecule has 1 heterocycles. The van der Waals surface area contributed by atoms with Crippen LogP contribution < -0.4 is 5.63 Å². The van der Waals surface area contributed by atoms with Gasteiger partial charge in [-0.2, -0.15) is 0 Å². The number of halogens is 1. The molecule has 3 aromatic rings. The van der Waals surface area contributed by atoms with Crippen LogP contribution in [0.2, 0.25) is 0 Å². The molecule has 1 N–H and O–H groups in total. The van der Waals surface area contributed by atoms with Gasteiger partial charge in [-0.25, -0.2) is 9.18 Å². The summed E-state index contributed by atoms with van der Waals surface area (Å²) in [5.41, 5.74) is 0.545. The van der Waals surface area contributed by atoms with Crippen LogP contribution in [0.1, 0.15) is 0 Å². The molecule has 1 aromatic heterocycles. The van der Waals surface area contributed by atoms with Crippen molar-refractivity contribution in [2.75, 3.05) is 0 Å². The van der Waals surface area contributed by atoms with Crippen LogP contribution in [0.15, 0.2) is 57.7 Å². The smallest absolute Gasteiger partial charge is 0.344 e. The van der Waals surface area contributed by atoms with Gasteiger partial charge in [0.1, 0.15) is 17.1 Å². The standard InChI is InChI=1S/C15H9FO3/c16-11-3-1-2-9(6-11)13-8-10-7-12(17)4-5-14(10)19-15(13)18/h1-8,17H. The van der Waals surface area contributed by atoms with E-state index in [1.54, 1.807) is 12.1 Å². The Balaban J connectivity index is 2.29. The van der Waals surface area contributed by atoms with Crippen LogP contribution in [0.5, 0.6) is 5.75 Å². The highest BCUT2D eigenvalue weighted by Gasteiger charge is 2.08. The van der Waals surface area contributed by atoms with Gasteiger partial charge in [-0.3, -0.25) is 0 Å². The minimum Gasteiger partial charge on any atom is -0.508 e. The van der Waals surface area contributed by atoms with E-state index in [1.807, 2.05) is 0 Å². The molecule has 0 fully saturated rings. The van der Waals surface area contributed by atoms with Crippen molar-refractivity contribution in [2.24, 2.45) is 0 Å². The molecular formula is C15H9FO3. The van der Waals surface area contributed by atoms with Crippen molar-refractivity contribution in [3.63, 3.8) is 0 Å². The van der Waals surface area contributed by atoms with Gasteiger partial charge >= 0.3 is 5.63 Å². The Morgan fingerprint density at radius 1 is 1.05 bits per heavy atom. The molecular weight excluding hydrogens is 247 g/mol. The average Bonchev–Trinajstić information content (AvgIpc) is 2.38. The molecule has 3 rings (SSSR count). The molecule has 0 spiro atoms. The first-order valence-electron chi connectivity index (χ1n) is 5.66. The third-order valence-corrected chi connectivity index (χ3v) is 2.85. The summed E-state index contributed by atoms with van der Waals surface area (Å²) in [4.78, 5) is 11.9. The van der Waals surface area contributed by atoms with Crippen molar-refractivity contribution in [1.29, 1.82) is 0 Å². The van der Waals surface area contributed by atoms with Crippen molar-refractivity contribution in [3.05, 3.63) is 64.8 Å². The van der Waals surface area contributed by atoms with Crippen LogP contribution in [0.4, 0.5) is 4.39 Å². The minimum absolute atomic E-state index is 0.0755. The second-order valence-corrected chi connectivity index (χ2v) is 4.18. The lowest BCUT2D eigenvalue weighted by atomic mass is 10.1. The second-order valence-electron chi connectivity index (χ2n) is 4.18. The number of hydrogen-bond donors (Lipinski definition) is 1. The van der Waals surface area contributed by atoms with Crippen LogP contribution in [0.25, 0.3) is 22.1 Å². The summed E-state index contributed by atoms with van der Waals surface area (Å²) in [5.74, 6) is -0.348. The van der Waals surface area contributed by atoms with Gasteiger partial charge in [-0.1, -0.05) is 12.1 Å². The molecule has 19 heavy (non-hydrogen) atoms. The Morgan fingerprint density at radius 2 is 1.89 bits per heavy atom. The quantitative estimate of drug-likeness (QED) is 0.679. The van der Waals surface area contributed by atoms with Crippen LogP contribution in [-0.4, -0.2) is 5.11 Å². The van der Waals surface area contributed by atoms with E-state index in [2.05, 4.69) is 0 Å². The van der Waals surface area contributed by atoms with Gasteiger partial charge < -0.3 is 9.52 Å². The van der Waals surface area contributed by atoms with Gasteiger partial charge in [0.2, 0.25) is 0 Å². The fraction of sp³-hybridized carbons (Fsp3) is 0. The Bertz CT molecular complexity index is 821. The molecule has 0 aliphatic carbocycles. The predicted molar refractivity (Wildman–Crippen MR) is 69.5 cm³/mol. The fourth-order valence-corrected chi connectivity index (χ4v) is 1.97. The van der Waals surface area contributed by atoms with Crippen molar-refractivity contribution < 1.29 is 13.9 Å². The van der Waals surface area contributed by atoms with Crippen molar-refractivity contribution in [3.8, 4) is 16.9 Å². The Kier molecular flexibility index (Phi) is 2.56. The van der Waals surface area contributed by atoms with Gasteiger partial charge in [-0.05, 0) is 42.0 Å². The normalized spacial score (nSPS) is 10.8. The topological polar surface area (TPSA) is 50.4 Å². The van der Waals surface area contributed by atoms with Crippen LogP contribution in [0, 0.1) is 5.82 Å².